The van der Waals surface area contributed by atoms with Gasteiger partial charge in [0.25, 0.3) is 5.91 Å². The Kier molecular flexibility index (Phi) is 3.28. The maximum Gasteiger partial charge on any atom is 0.253 e. The lowest BCUT2D eigenvalue weighted by molar-refractivity contribution is 0.0420. The van der Waals surface area contributed by atoms with Crippen molar-refractivity contribution < 1.29 is 14.3 Å². The summed E-state index contributed by atoms with van der Waals surface area (Å²) in [6, 6.07) is 3.71. The number of aliphatic hydroxyl groups excluding tert-OH is 1. The van der Waals surface area contributed by atoms with Gasteiger partial charge in [0.1, 0.15) is 5.82 Å². The second-order valence-electron chi connectivity index (χ2n) is 4.43. The Morgan fingerprint density at radius 3 is 2.88 bits per heavy atom. The van der Waals surface area contributed by atoms with Gasteiger partial charge in [-0.25, -0.2) is 4.39 Å². The number of halogens is 1. The van der Waals surface area contributed by atoms with Crippen LogP contribution in [0.4, 0.5) is 10.1 Å². The van der Waals surface area contributed by atoms with Crippen LogP contribution in [0, 0.1) is 11.7 Å². The Bertz CT molecular complexity index is 431. The summed E-state index contributed by atoms with van der Waals surface area (Å²) in [4.78, 5) is 11.7. The van der Waals surface area contributed by atoms with Crippen molar-refractivity contribution in [2.24, 2.45) is 5.92 Å². The fraction of sp³-hybridized carbons (Fsp3) is 0.417. The average Bonchev–Trinajstić information content (AvgIpc) is 2.26. The molecule has 1 aromatic rings. The topological polar surface area (TPSA) is 75.4 Å². The number of nitrogen functional groups attached to an aromatic ring is 1. The number of hydrogen-bond donors (Lipinski definition) is 3. The highest BCUT2D eigenvalue weighted by molar-refractivity contribution is 5.99. The van der Waals surface area contributed by atoms with E-state index in [1.54, 1.807) is 0 Å². The summed E-state index contributed by atoms with van der Waals surface area (Å²) in [6.07, 6.45) is 1.17. The van der Waals surface area contributed by atoms with Crippen LogP contribution in [0.5, 0.6) is 0 Å². The van der Waals surface area contributed by atoms with Crippen molar-refractivity contribution in [1.82, 2.24) is 5.32 Å². The van der Waals surface area contributed by atoms with Gasteiger partial charge in [-0.05, 0) is 37.0 Å². The molecule has 0 aliphatic heterocycles. The van der Waals surface area contributed by atoms with Gasteiger partial charge < -0.3 is 16.2 Å². The summed E-state index contributed by atoms with van der Waals surface area (Å²) in [5, 5.41) is 11.8. The molecule has 0 saturated heterocycles. The number of rotatable bonds is 3. The van der Waals surface area contributed by atoms with Gasteiger partial charge in [-0.3, -0.25) is 4.79 Å². The van der Waals surface area contributed by atoms with E-state index >= 15 is 0 Å². The molecule has 4 nitrogen and oxygen atoms in total. The minimum absolute atomic E-state index is 0.157. The zero-order valence-corrected chi connectivity index (χ0v) is 9.32. The lowest BCUT2D eigenvalue weighted by Gasteiger charge is -2.31. The third-order valence-electron chi connectivity index (χ3n) is 3.02. The van der Waals surface area contributed by atoms with E-state index in [-0.39, 0.29) is 23.3 Å². The van der Waals surface area contributed by atoms with Crippen LogP contribution in [-0.2, 0) is 0 Å². The van der Waals surface area contributed by atoms with Crippen molar-refractivity contribution in [3.8, 4) is 0 Å². The molecular weight excluding hydrogens is 223 g/mol. The maximum absolute atomic E-state index is 13.0. The standard InChI is InChI=1S/C12H15FN2O2/c13-8-1-2-11(14)10(5-8)12(17)15-6-7-3-9(16)4-7/h1-2,5,7,9,16H,3-4,6,14H2,(H,15,17). The summed E-state index contributed by atoms with van der Waals surface area (Å²) >= 11 is 0. The van der Waals surface area contributed by atoms with Crippen molar-refractivity contribution in [3.05, 3.63) is 29.6 Å². The van der Waals surface area contributed by atoms with Crippen molar-refractivity contribution >= 4 is 11.6 Å². The van der Waals surface area contributed by atoms with Gasteiger partial charge in [-0.1, -0.05) is 0 Å². The normalized spacial score (nSPS) is 22.9. The van der Waals surface area contributed by atoms with Gasteiger partial charge >= 0.3 is 0 Å². The molecule has 1 amide bonds. The predicted molar refractivity (Wildman–Crippen MR) is 61.9 cm³/mol. The van der Waals surface area contributed by atoms with Crippen molar-refractivity contribution in [2.75, 3.05) is 12.3 Å². The quantitative estimate of drug-likeness (QED) is 0.685. The van der Waals surface area contributed by atoms with Crippen LogP contribution in [0.3, 0.4) is 0 Å². The second-order valence-corrected chi connectivity index (χ2v) is 4.43. The molecule has 0 unspecified atom stereocenters. The number of anilines is 1. The van der Waals surface area contributed by atoms with Crippen LogP contribution in [-0.4, -0.2) is 23.7 Å². The van der Waals surface area contributed by atoms with Gasteiger partial charge in [0.15, 0.2) is 0 Å². The molecule has 4 N–H and O–H groups in total. The zero-order valence-electron chi connectivity index (χ0n) is 9.32. The molecule has 0 aromatic heterocycles. The first-order chi connectivity index (χ1) is 8.06. The van der Waals surface area contributed by atoms with Gasteiger partial charge in [-0.15, -0.1) is 0 Å². The van der Waals surface area contributed by atoms with E-state index in [0.717, 1.165) is 6.07 Å². The molecule has 0 radical (unpaired) electrons. The lowest BCUT2D eigenvalue weighted by Crippen LogP contribution is -2.38. The molecular formula is C12H15FN2O2. The van der Waals surface area contributed by atoms with Crippen LogP contribution < -0.4 is 11.1 Å². The zero-order chi connectivity index (χ0) is 12.4. The summed E-state index contributed by atoms with van der Waals surface area (Å²) in [5.41, 5.74) is 6.02. The highest BCUT2D eigenvalue weighted by Gasteiger charge is 2.27. The van der Waals surface area contributed by atoms with E-state index in [4.69, 9.17) is 10.8 Å². The third-order valence-corrected chi connectivity index (χ3v) is 3.02. The molecule has 0 atom stereocenters. The van der Waals surface area contributed by atoms with E-state index in [2.05, 4.69) is 5.32 Å². The smallest absolute Gasteiger partial charge is 0.253 e. The molecule has 92 valence electrons. The molecule has 1 aromatic carbocycles. The van der Waals surface area contributed by atoms with E-state index in [0.29, 0.717) is 25.3 Å². The number of carbonyl (C=O) groups excluding carboxylic acids is 1. The minimum atomic E-state index is -0.483. The minimum Gasteiger partial charge on any atom is -0.398 e. The molecule has 0 spiro atoms. The first-order valence-electron chi connectivity index (χ1n) is 5.57. The molecule has 1 saturated carbocycles. The number of carbonyl (C=O) groups is 1. The molecule has 0 heterocycles. The number of hydrogen-bond acceptors (Lipinski definition) is 3. The van der Waals surface area contributed by atoms with Crippen LogP contribution in [0.15, 0.2) is 18.2 Å². The Hall–Kier alpha value is -1.62. The van der Waals surface area contributed by atoms with Gasteiger partial charge in [0, 0.05) is 12.2 Å². The fourth-order valence-electron chi connectivity index (χ4n) is 1.92. The SMILES string of the molecule is Nc1ccc(F)cc1C(=O)NCC1CC(O)C1. The average molecular weight is 238 g/mol. The van der Waals surface area contributed by atoms with Crippen LogP contribution in [0.2, 0.25) is 0 Å². The summed E-state index contributed by atoms with van der Waals surface area (Å²) in [6.45, 7) is 0.492. The van der Waals surface area contributed by atoms with Crippen LogP contribution in [0.1, 0.15) is 23.2 Å². The first kappa shape index (κ1) is 11.9. The highest BCUT2D eigenvalue weighted by Crippen LogP contribution is 2.26. The number of nitrogens with two attached hydrogens (primary N) is 1. The van der Waals surface area contributed by atoms with Crippen LogP contribution in [0.25, 0.3) is 0 Å². The number of aliphatic hydroxyl groups is 1. The predicted octanol–water partition coefficient (Wildman–Crippen LogP) is 0.909. The van der Waals surface area contributed by atoms with E-state index in [1.165, 1.54) is 12.1 Å². The van der Waals surface area contributed by atoms with Crippen molar-refractivity contribution in [2.45, 2.75) is 18.9 Å². The second kappa shape index (κ2) is 4.71. The summed E-state index contributed by atoms with van der Waals surface area (Å²) < 4.78 is 13.0. The van der Waals surface area contributed by atoms with Crippen molar-refractivity contribution in [3.63, 3.8) is 0 Å². The molecule has 2 rings (SSSR count). The molecule has 0 bridgehead atoms. The molecule has 1 aliphatic rings. The summed E-state index contributed by atoms with van der Waals surface area (Å²) in [7, 11) is 0. The van der Waals surface area contributed by atoms with E-state index in [9.17, 15) is 9.18 Å². The Morgan fingerprint density at radius 1 is 1.53 bits per heavy atom. The van der Waals surface area contributed by atoms with Gasteiger partial charge in [0.2, 0.25) is 0 Å². The Balaban J connectivity index is 1.92. The molecule has 5 heteroatoms. The number of benzene rings is 1. The molecule has 1 aliphatic carbocycles. The van der Waals surface area contributed by atoms with Gasteiger partial charge in [-0.2, -0.15) is 0 Å². The van der Waals surface area contributed by atoms with Crippen LogP contribution >= 0.6 is 0 Å². The molecule has 17 heavy (non-hydrogen) atoms. The maximum atomic E-state index is 13.0. The largest absolute Gasteiger partial charge is 0.398 e. The number of amides is 1. The fourth-order valence-corrected chi connectivity index (χ4v) is 1.92. The first-order valence-corrected chi connectivity index (χ1v) is 5.57. The Labute approximate surface area is 98.6 Å². The monoisotopic (exact) mass is 238 g/mol. The van der Waals surface area contributed by atoms with Gasteiger partial charge in [0.05, 0.1) is 11.7 Å². The summed E-state index contributed by atoms with van der Waals surface area (Å²) in [5.74, 6) is -0.546. The van der Waals surface area contributed by atoms with Crippen molar-refractivity contribution in [1.29, 1.82) is 0 Å². The lowest BCUT2D eigenvalue weighted by atomic mass is 9.82. The third kappa shape index (κ3) is 2.74. The number of nitrogens with one attached hydrogen (secondary N) is 1. The Morgan fingerprint density at radius 2 is 2.24 bits per heavy atom. The highest BCUT2D eigenvalue weighted by atomic mass is 19.1. The van der Waals surface area contributed by atoms with E-state index < -0.39 is 5.82 Å². The molecule has 1 fully saturated rings. The van der Waals surface area contributed by atoms with E-state index in [1.807, 2.05) is 0 Å².